The molecule has 6 heteroatoms. The van der Waals surface area contributed by atoms with Crippen molar-refractivity contribution in [2.24, 2.45) is 0 Å². The van der Waals surface area contributed by atoms with Crippen LogP contribution in [-0.2, 0) is 0 Å². The molecule has 2 aromatic rings. The molecule has 0 bridgehead atoms. The zero-order chi connectivity index (χ0) is 15.3. The third kappa shape index (κ3) is 2.28. The van der Waals surface area contributed by atoms with E-state index < -0.39 is 17.5 Å². The topological polar surface area (TPSA) is 43.8 Å². The lowest BCUT2D eigenvalue weighted by atomic mass is 10.1. The highest BCUT2D eigenvalue weighted by atomic mass is 19.2. The Morgan fingerprint density at radius 1 is 1.14 bits per heavy atom. The van der Waals surface area contributed by atoms with Crippen molar-refractivity contribution in [2.75, 3.05) is 5.73 Å². The highest BCUT2D eigenvalue weighted by molar-refractivity contribution is 5.72. The molecule has 1 fully saturated rings. The van der Waals surface area contributed by atoms with Crippen LogP contribution in [0.4, 0.5) is 19.0 Å². The lowest BCUT2D eigenvalue weighted by Gasteiger charge is -2.10. The van der Waals surface area contributed by atoms with Gasteiger partial charge in [0.05, 0.1) is 0 Å². The first kappa shape index (κ1) is 14.0. The molecule has 0 aliphatic heterocycles. The molecule has 0 radical (unpaired) electrons. The van der Waals surface area contributed by atoms with Crippen LogP contribution in [0.3, 0.4) is 0 Å². The number of benzene rings is 1. The molecule has 1 aromatic carbocycles. The normalized spacial score (nSPS) is 15.0. The van der Waals surface area contributed by atoms with Gasteiger partial charge in [-0.15, -0.1) is 0 Å². The van der Waals surface area contributed by atoms with Crippen molar-refractivity contribution in [3.05, 3.63) is 35.4 Å². The first-order valence-electron chi connectivity index (χ1n) is 6.92. The Balaban J connectivity index is 2.19. The summed E-state index contributed by atoms with van der Waals surface area (Å²) in [4.78, 5) is 4.38. The van der Waals surface area contributed by atoms with Gasteiger partial charge in [-0.3, -0.25) is 0 Å². The lowest BCUT2D eigenvalue weighted by molar-refractivity contribution is 0.496. The van der Waals surface area contributed by atoms with Crippen molar-refractivity contribution in [3.8, 4) is 11.3 Å². The SMILES string of the molecule is CC(C)c1nc(-c2cc(F)c(F)cc2F)c(N)n1C1CC1. The molecule has 0 atom stereocenters. The monoisotopic (exact) mass is 295 g/mol. The molecule has 1 saturated carbocycles. The van der Waals surface area contributed by atoms with Crippen LogP contribution in [0.25, 0.3) is 11.3 Å². The van der Waals surface area contributed by atoms with Gasteiger partial charge in [0.2, 0.25) is 0 Å². The van der Waals surface area contributed by atoms with E-state index in [4.69, 9.17) is 5.73 Å². The molecule has 1 aliphatic carbocycles. The average molecular weight is 295 g/mol. The maximum Gasteiger partial charge on any atom is 0.161 e. The predicted molar refractivity (Wildman–Crippen MR) is 74.3 cm³/mol. The molecule has 0 unspecified atom stereocenters. The highest BCUT2D eigenvalue weighted by Gasteiger charge is 2.31. The first-order chi connectivity index (χ1) is 9.90. The minimum absolute atomic E-state index is 0.104. The van der Waals surface area contributed by atoms with E-state index in [-0.39, 0.29) is 23.2 Å². The van der Waals surface area contributed by atoms with Crippen molar-refractivity contribution < 1.29 is 13.2 Å². The van der Waals surface area contributed by atoms with Crippen molar-refractivity contribution in [1.82, 2.24) is 9.55 Å². The van der Waals surface area contributed by atoms with E-state index in [1.165, 1.54) is 0 Å². The molecule has 21 heavy (non-hydrogen) atoms. The van der Waals surface area contributed by atoms with Gasteiger partial charge in [-0.05, 0) is 18.9 Å². The number of nitrogens with two attached hydrogens (primary N) is 1. The van der Waals surface area contributed by atoms with Gasteiger partial charge in [0.25, 0.3) is 0 Å². The summed E-state index contributed by atoms with van der Waals surface area (Å²) in [6.07, 6.45) is 2.00. The van der Waals surface area contributed by atoms with Gasteiger partial charge in [-0.1, -0.05) is 13.8 Å². The van der Waals surface area contributed by atoms with Crippen molar-refractivity contribution >= 4 is 5.82 Å². The van der Waals surface area contributed by atoms with Gasteiger partial charge in [0.15, 0.2) is 11.6 Å². The molecule has 1 aromatic heterocycles. The second kappa shape index (κ2) is 4.79. The number of anilines is 1. The maximum atomic E-state index is 13.9. The van der Waals surface area contributed by atoms with E-state index in [0.29, 0.717) is 11.9 Å². The summed E-state index contributed by atoms with van der Waals surface area (Å²) in [6.45, 7) is 3.93. The van der Waals surface area contributed by atoms with Gasteiger partial charge in [0.1, 0.15) is 23.2 Å². The summed E-state index contributed by atoms with van der Waals surface area (Å²) >= 11 is 0. The Morgan fingerprint density at radius 2 is 1.76 bits per heavy atom. The first-order valence-corrected chi connectivity index (χ1v) is 6.92. The number of imidazole rings is 1. The van der Waals surface area contributed by atoms with E-state index in [1.54, 1.807) is 0 Å². The third-order valence-electron chi connectivity index (χ3n) is 3.67. The van der Waals surface area contributed by atoms with E-state index in [9.17, 15) is 13.2 Å². The molecule has 1 heterocycles. The largest absolute Gasteiger partial charge is 0.383 e. The van der Waals surface area contributed by atoms with Gasteiger partial charge in [0, 0.05) is 23.6 Å². The summed E-state index contributed by atoms with van der Waals surface area (Å²) in [5.74, 6) is -2.04. The Bertz CT molecular complexity index is 703. The fourth-order valence-electron chi connectivity index (χ4n) is 2.49. The average Bonchev–Trinajstić information content (AvgIpc) is 3.18. The maximum absolute atomic E-state index is 13.9. The highest BCUT2D eigenvalue weighted by Crippen LogP contribution is 2.42. The molecule has 0 spiro atoms. The number of rotatable bonds is 3. The van der Waals surface area contributed by atoms with Crippen molar-refractivity contribution in [3.63, 3.8) is 0 Å². The van der Waals surface area contributed by atoms with E-state index in [2.05, 4.69) is 4.98 Å². The Kier molecular flexibility index (Phi) is 3.19. The fourth-order valence-corrected chi connectivity index (χ4v) is 2.49. The summed E-state index contributed by atoms with van der Waals surface area (Å²) in [7, 11) is 0. The Labute approximate surface area is 120 Å². The van der Waals surface area contributed by atoms with Crippen molar-refractivity contribution in [2.45, 2.75) is 38.6 Å². The minimum atomic E-state index is -1.22. The number of aromatic nitrogens is 2. The third-order valence-corrected chi connectivity index (χ3v) is 3.67. The van der Waals surface area contributed by atoms with Crippen LogP contribution in [0.5, 0.6) is 0 Å². The van der Waals surface area contributed by atoms with Crippen LogP contribution < -0.4 is 5.73 Å². The number of halogens is 3. The van der Waals surface area contributed by atoms with Gasteiger partial charge < -0.3 is 10.3 Å². The van der Waals surface area contributed by atoms with Crippen LogP contribution in [0, 0.1) is 17.5 Å². The standard InChI is InChI=1S/C15H16F3N3/c1-7(2)15-20-13(14(19)21(15)8-3-4-8)9-5-11(17)12(18)6-10(9)16/h5-8H,3-4,19H2,1-2H3. The van der Waals surface area contributed by atoms with Crippen LogP contribution in [0.2, 0.25) is 0 Å². The predicted octanol–water partition coefficient (Wildman–Crippen LogP) is 4.01. The zero-order valence-electron chi connectivity index (χ0n) is 11.8. The molecule has 3 rings (SSSR count). The second-order valence-corrected chi connectivity index (χ2v) is 5.71. The van der Waals surface area contributed by atoms with Crippen LogP contribution in [-0.4, -0.2) is 9.55 Å². The molecule has 0 saturated heterocycles. The molecule has 112 valence electrons. The summed E-state index contributed by atoms with van der Waals surface area (Å²) < 4.78 is 42.3. The molecular weight excluding hydrogens is 279 g/mol. The van der Waals surface area contributed by atoms with Crippen LogP contribution >= 0.6 is 0 Å². The van der Waals surface area contributed by atoms with Gasteiger partial charge >= 0.3 is 0 Å². The molecule has 3 nitrogen and oxygen atoms in total. The fraction of sp³-hybridized carbons (Fsp3) is 0.400. The number of nitrogens with zero attached hydrogens (tertiary/aromatic N) is 2. The van der Waals surface area contributed by atoms with Gasteiger partial charge in [-0.25, -0.2) is 18.2 Å². The summed E-state index contributed by atoms with van der Waals surface area (Å²) in [5.41, 5.74) is 6.17. The second-order valence-electron chi connectivity index (χ2n) is 5.71. The number of nitrogen functional groups attached to an aromatic ring is 1. The van der Waals surface area contributed by atoms with Crippen LogP contribution in [0.1, 0.15) is 44.5 Å². The van der Waals surface area contributed by atoms with E-state index >= 15 is 0 Å². The lowest BCUT2D eigenvalue weighted by Crippen LogP contribution is -2.06. The van der Waals surface area contributed by atoms with Gasteiger partial charge in [-0.2, -0.15) is 0 Å². The number of hydrogen-bond donors (Lipinski definition) is 1. The summed E-state index contributed by atoms with van der Waals surface area (Å²) in [5, 5.41) is 0. The quantitative estimate of drug-likeness (QED) is 0.870. The number of hydrogen-bond acceptors (Lipinski definition) is 2. The molecule has 1 aliphatic rings. The van der Waals surface area contributed by atoms with E-state index in [0.717, 1.165) is 24.7 Å². The Hall–Kier alpha value is -1.98. The van der Waals surface area contributed by atoms with E-state index in [1.807, 2.05) is 18.4 Å². The van der Waals surface area contributed by atoms with Crippen LogP contribution in [0.15, 0.2) is 12.1 Å². The molecule has 2 N–H and O–H groups in total. The zero-order valence-corrected chi connectivity index (χ0v) is 11.8. The summed E-state index contributed by atoms with van der Waals surface area (Å²) in [6, 6.07) is 1.61. The smallest absolute Gasteiger partial charge is 0.161 e. The molecule has 0 amide bonds. The molecular formula is C15H16F3N3. The minimum Gasteiger partial charge on any atom is -0.383 e. The Morgan fingerprint density at radius 3 is 2.33 bits per heavy atom. The van der Waals surface area contributed by atoms with Crippen molar-refractivity contribution in [1.29, 1.82) is 0 Å².